The lowest BCUT2D eigenvalue weighted by atomic mass is 10.1. The number of aliphatic carboxylic acids is 1. The third-order valence-corrected chi connectivity index (χ3v) is 5.48. The third-order valence-electron chi connectivity index (χ3n) is 4.15. The first-order valence-electron chi connectivity index (χ1n) is 8.23. The van der Waals surface area contributed by atoms with Gasteiger partial charge < -0.3 is 14.6 Å². The van der Waals surface area contributed by atoms with Crippen LogP contribution in [0.1, 0.15) is 17.2 Å². The number of carbonyl (C=O) groups is 2. The van der Waals surface area contributed by atoms with Gasteiger partial charge in [0.05, 0.1) is 19.1 Å². The Kier molecular flexibility index (Phi) is 6.01. The summed E-state index contributed by atoms with van der Waals surface area (Å²) in [5.74, 6) is -0.446. The van der Waals surface area contributed by atoms with Crippen LogP contribution >= 0.6 is 24.0 Å². The standard InChI is InChI=1S/C20H17NO5S2/c1-25-14-8-9-15(26-2)13(10-14)11-16-18(22)21(20(27)28-16)17(19(23)24)12-6-4-3-5-7-12/h3-11,17H,1-2H3,(H,23,24)/b16-11+. The number of thioether (sulfide) groups is 1. The van der Waals surface area contributed by atoms with Crippen LogP contribution in [0, 0.1) is 0 Å². The van der Waals surface area contributed by atoms with Crippen molar-refractivity contribution in [3.8, 4) is 11.5 Å². The summed E-state index contributed by atoms with van der Waals surface area (Å²) in [6, 6.07) is 12.6. The van der Waals surface area contributed by atoms with Crippen LogP contribution < -0.4 is 9.47 Å². The molecule has 1 fully saturated rings. The first-order chi connectivity index (χ1) is 13.5. The van der Waals surface area contributed by atoms with Crippen molar-refractivity contribution in [1.29, 1.82) is 0 Å². The highest BCUT2D eigenvalue weighted by Crippen LogP contribution is 2.39. The maximum Gasteiger partial charge on any atom is 0.331 e. The lowest BCUT2D eigenvalue weighted by Crippen LogP contribution is -2.37. The van der Waals surface area contributed by atoms with Crippen LogP contribution in [-0.2, 0) is 9.59 Å². The highest BCUT2D eigenvalue weighted by molar-refractivity contribution is 8.26. The molecule has 28 heavy (non-hydrogen) atoms. The summed E-state index contributed by atoms with van der Waals surface area (Å²) in [5, 5.41) is 9.73. The third kappa shape index (κ3) is 3.88. The number of carboxylic acid groups (broad SMARTS) is 1. The second kappa shape index (κ2) is 8.45. The molecule has 1 aliphatic heterocycles. The topological polar surface area (TPSA) is 76.1 Å². The predicted octanol–water partition coefficient (Wildman–Crippen LogP) is 3.73. The van der Waals surface area contributed by atoms with E-state index in [-0.39, 0.29) is 4.32 Å². The zero-order chi connectivity index (χ0) is 20.3. The molecule has 6 nitrogen and oxygen atoms in total. The van der Waals surface area contributed by atoms with Crippen LogP contribution in [0.15, 0.2) is 53.4 Å². The number of rotatable bonds is 6. The molecule has 0 saturated carbocycles. The van der Waals surface area contributed by atoms with Gasteiger partial charge in [0, 0.05) is 5.56 Å². The molecule has 1 unspecified atom stereocenters. The van der Waals surface area contributed by atoms with Crippen molar-refractivity contribution in [2.45, 2.75) is 6.04 Å². The number of ether oxygens (including phenoxy) is 2. The predicted molar refractivity (Wildman–Crippen MR) is 111 cm³/mol. The molecule has 3 rings (SSSR count). The lowest BCUT2D eigenvalue weighted by Gasteiger charge is -2.23. The Labute approximate surface area is 171 Å². The van der Waals surface area contributed by atoms with Crippen LogP contribution in [0.2, 0.25) is 0 Å². The molecule has 0 aliphatic carbocycles. The Hall–Kier alpha value is -2.84. The fourth-order valence-corrected chi connectivity index (χ4v) is 4.14. The fourth-order valence-electron chi connectivity index (χ4n) is 2.83. The Balaban J connectivity index is 2.00. The van der Waals surface area contributed by atoms with E-state index in [4.69, 9.17) is 21.7 Å². The molecule has 1 heterocycles. The summed E-state index contributed by atoms with van der Waals surface area (Å²) in [5.41, 5.74) is 1.11. The Bertz CT molecular complexity index is 958. The Morgan fingerprint density at radius 2 is 1.89 bits per heavy atom. The number of thiocarbonyl (C=S) groups is 1. The SMILES string of the molecule is COc1ccc(OC)c(/C=C2/SC(=S)N(C(C(=O)O)c3ccccc3)C2=O)c1. The molecule has 0 bridgehead atoms. The van der Waals surface area contributed by atoms with Crippen molar-refractivity contribution >= 4 is 46.3 Å². The minimum Gasteiger partial charge on any atom is -0.497 e. The molecular weight excluding hydrogens is 398 g/mol. The molecule has 0 spiro atoms. The maximum atomic E-state index is 13.0. The number of methoxy groups -OCH3 is 2. The molecule has 8 heteroatoms. The first kappa shape index (κ1) is 19.9. The second-order valence-electron chi connectivity index (χ2n) is 5.81. The monoisotopic (exact) mass is 415 g/mol. The molecule has 0 aromatic heterocycles. The van der Waals surface area contributed by atoms with E-state index >= 15 is 0 Å². The van der Waals surface area contributed by atoms with E-state index in [1.807, 2.05) is 0 Å². The van der Waals surface area contributed by atoms with Crippen molar-refractivity contribution in [3.05, 3.63) is 64.6 Å². The van der Waals surface area contributed by atoms with Gasteiger partial charge in [0.15, 0.2) is 6.04 Å². The molecule has 1 atom stereocenters. The maximum absolute atomic E-state index is 13.0. The van der Waals surface area contributed by atoms with Crippen molar-refractivity contribution < 1.29 is 24.2 Å². The van der Waals surface area contributed by atoms with Crippen molar-refractivity contribution in [2.24, 2.45) is 0 Å². The Morgan fingerprint density at radius 1 is 1.18 bits per heavy atom. The second-order valence-corrected chi connectivity index (χ2v) is 7.49. The molecule has 1 N–H and O–H groups in total. The van der Waals surface area contributed by atoms with Crippen molar-refractivity contribution in [3.63, 3.8) is 0 Å². The molecule has 1 saturated heterocycles. The number of nitrogens with zero attached hydrogens (tertiary/aromatic N) is 1. The summed E-state index contributed by atoms with van der Waals surface area (Å²) in [6.45, 7) is 0. The highest BCUT2D eigenvalue weighted by atomic mass is 32.2. The van der Waals surface area contributed by atoms with E-state index in [0.29, 0.717) is 27.5 Å². The van der Waals surface area contributed by atoms with Crippen LogP contribution in [0.3, 0.4) is 0 Å². The van der Waals surface area contributed by atoms with Gasteiger partial charge in [-0.3, -0.25) is 9.69 Å². The minimum atomic E-state index is -1.19. The molecule has 144 valence electrons. The van der Waals surface area contributed by atoms with Crippen molar-refractivity contribution in [1.82, 2.24) is 4.90 Å². The highest BCUT2D eigenvalue weighted by Gasteiger charge is 2.41. The molecule has 1 amide bonds. The van der Waals surface area contributed by atoms with Crippen LogP contribution in [0.4, 0.5) is 0 Å². The van der Waals surface area contributed by atoms with Gasteiger partial charge >= 0.3 is 5.97 Å². The quantitative estimate of drug-likeness (QED) is 0.569. The van der Waals surface area contributed by atoms with Gasteiger partial charge in [0.2, 0.25) is 0 Å². The summed E-state index contributed by atoms with van der Waals surface area (Å²) in [7, 11) is 3.07. The molecule has 0 radical (unpaired) electrons. The van der Waals surface area contributed by atoms with Gasteiger partial charge in [0.25, 0.3) is 5.91 Å². The van der Waals surface area contributed by atoms with Gasteiger partial charge in [-0.2, -0.15) is 0 Å². The van der Waals surface area contributed by atoms with Gasteiger partial charge in [-0.15, -0.1) is 0 Å². The molecule has 2 aromatic rings. The zero-order valence-corrected chi connectivity index (χ0v) is 16.8. The van der Waals surface area contributed by atoms with Crippen molar-refractivity contribution in [2.75, 3.05) is 14.2 Å². The number of carboxylic acids is 1. The van der Waals surface area contributed by atoms with E-state index in [1.54, 1.807) is 61.7 Å². The van der Waals surface area contributed by atoms with Crippen LogP contribution in [-0.4, -0.2) is 40.4 Å². The van der Waals surface area contributed by atoms with E-state index in [0.717, 1.165) is 16.7 Å². The van der Waals surface area contributed by atoms with Crippen LogP contribution in [0.25, 0.3) is 6.08 Å². The van der Waals surface area contributed by atoms with E-state index in [9.17, 15) is 14.7 Å². The number of carbonyl (C=O) groups excluding carboxylic acids is 1. The normalized spacial score (nSPS) is 16.4. The van der Waals surface area contributed by atoms with Gasteiger partial charge in [0.1, 0.15) is 15.8 Å². The summed E-state index contributed by atoms with van der Waals surface area (Å²) in [4.78, 5) is 26.4. The first-order valence-corrected chi connectivity index (χ1v) is 9.45. The zero-order valence-electron chi connectivity index (χ0n) is 15.1. The van der Waals surface area contributed by atoms with Gasteiger partial charge in [-0.25, -0.2) is 4.79 Å². The average Bonchev–Trinajstić information content (AvgIpc) is 2.96. The van der Waals surface area contributed by atoms with Gasteiger partial charge in [-0.05, 0) is 29.8 Å². The smallest absolute Gasteiger partial charge is 0.331 e. The largest absolute Gasteiger partial charge is 0.497 e. The average molecular weight is 415 g/mol. The number of amides is 1. The fraction of sp³-hybridized carbons (Fsp3) is 0.150. The van der Waals surface area contributed by atoms with Gasteiger partial charge in [-0.1, -0.05) is 54.3 Å². The molecule has 1 aliphatic rings. The number of benzene rings is 2. The Morgan fingerprint density at radius 3 is 2.50 bits per heavy atom. The van der Waals surface area contributed by atoms with Crippen LogP contribution in [0.5, 0.6) is 11.5 Å². The molecule has 2 aromatic carbocycles. The van der Waals surface area contributed by atoms with E-state index in [1.165, 1.54) is 7.11 Å². The van der Waals surface area contributed by atoms with E-state index in [2.05, 4.69) is 0 Å². The molecular formula is C20H17NO5S2. The number of hydrogen-bond acceptors (Lipinski definition) is 6. The summed E-state index contributed by atoms with van der Waals surface area (Å²) >= 11 is 6.38. The lowest BCUT2D eigenvalue weighted by molar-refractivity contribution is -0.145. The minimum absolute atomic E-state index is 0.189. The number of hydrogen-bond donors (Lipinski definition) is 1. The summed E-state index contributed by atoms with van der Waals surface area (Å²) < 4.78 is 10.8. The summed E-state index contributed by atoms with van der Waals surface area (Å²) in [6.07, 6.45) is 1.63. The van der Waals surface area contributed by atoms with E-state index < -0.39 is 17.9 Å².